The van der Waals surface area contributed by atoms with E-state index in [1.165, 1.54) is 6.07 Å². The van der Waals surface area contributed by atoms with E-state index in [1.54, 1.807) is 25.1 Å². The third-order valence-electron chi connectivity index (χ3n) is 1.57. The van der Waals surface area contributed by atoms with Crippen LogP contribution in [0.15, 0.2) is 24.3 Å². The second-order valence-electron chi connectivity index (χ2n) is 2.65. The number of hydrogen-bond donors (Lipinski definition) is 1. The monoisotopic (exact) mass is 214 g/mol. The largest absolute Gasteiger partial charge is 0.490 e. The third kappa shape index (κ3) is 3.12. The summed E-state index contributed by atoms with van der Waals surface area (Å²) in [4.78, 5) is 10.2. The second kappa shape index (κ2) is 5.19. The lowest BCUT2D eigenvalue weighted by Crippen LogP contribution is -2.21. The van der Waals surface area contributed by atoms with E-state index in [4.69, 9.17) is 9.84 Å². The van der Waals surface area contributed by atoms with Gasteiger partial charge in [0.1, 0.15) is 0 Å². The number of rotatable bonds is 5. The number of alkyl halides is 1. The Morgan fingerprint density at radius 1 is 1.47 bits per heavy atom. The smallest absolute Gasteiger partial charge is 0.378 e. The van der Waals surface area contributed by atoms with Crippen LogP contribution in [-0.4, -0.2) is 24.0 Å². The average Bonchev–Trinajstić information content (AvgIpc) is 2.21. The Hall–Kier alpha value is -1.78. The molecule has 0 bridgehead atoms. The van der Waals surface area contributed by atoms with Crippen LogP contribution in [0.25, 0.3) is 0 Å². The molecule has 5 heteroatoms. The number of hydrogen-bond acceptors (Lipinski definition) is 3. The van der Waals surface area contributed by atoms with Crippen molar-refractivity contribution in [3.8, 4) is 11.5 Å². The quantitative estimate of drug-likeness (QED) is 0.812. The molecule has 1 aromatic carbocycles. The van der Waals surface area contributed by atoms with E-state index in [0.29, 0.717) is 12.4 Å². The van der Waals surface area contributed by atoms with E-state index in [9.17, 15) is 9.18 Å². The molecule has 1 aromatic rings. The fraction of sp³-hybridized carbons (Fsp3) is 0.300. The minimum absolute atomic E-state index is 0.0780. The van der Waals surface area contributed by atoms with Gasteiger partial charge in [0.05, 0.1) is 6.61 Å². The average molecular weight is 214 g/mol. The normalized spacial score (nSPS) is 11.9. The van der Waals surface area contributed by atoms with Crippen LogP contribution in [0.3, 0.4) is 0 Å². The van der Waals surface area contributed by atoms with Crippen molar-refractivity contribution < 1.29 is 23.8 Å². The van der Waals surface area contributed by atoms with Crippen LogP contribution in [0.5, 0.6) is 11.5 Å². The standard InChI is InChI=1S/C10H11FO4/c1-2-14-7-5-3-4-6-8(7)15-9(11)10(12)13/h3-6,9H,2H2,1H3,(H,12,13). The van der Waals surface area contributed by atoms with Crippen molar-refractivity contribution in [2.75, 3.05) is 6.61 Å². The van der Waals surface area contributed by atoms with Gasteiger partial charge in [0.25, 0.3) is 0 Å². The second-order valence-corrected chi connectivity index (χ2v) is 2.65. The van der Waals surface area contributed by atoms with Gasteiger partial charge in [0.15, 0.2) is 11.5 Å². The summed E-state index contributed by atoms with van der Waals surface area (Å²) >= 11 is 0. The summed E-state index contributed by atoms with van der Waals surface area (Å²) in [6.45, 7) is 2.16. The Labute approximate surface area is 86.2 Å². The molecular formula is C10H11FO4. The van der Waals surface area contributed by atoms with Crippen LogP contribution >= 0.6 is 0 Å². The maximum atomic E-state index is 12.8. The van der Waals surface area contributed by atoms with Crippen LogP contribution in [0.2, 0.25) is 0 Å². The zero-order chi connectivity index (χ0) is 11.3. The van der Waals surface area contributed by atoms with Crippen LogP contribution in [0.4, 0.5) is 4.39 Å². The van der Waals surface area contributed by atoms with Gasteiger partial charge in [-0.2, -0.15) is 4.39 Å². The van der Waals surface area contributed by atoms with Gasteiger partial charge in [-0.25, -0.2) is 4.79 Å². The summed E-state index contributed by atoms with van der Waals surface area (Å²) in [6.07, 6.45) is -2.38. The van der Waals surface area contributed by atoms with Gasteiger partial charge in [-0.05, 0) is 19.1 Å². The zero-order valence-corrected chi connectivity index (χ0v) is 8.14. The molecular weight excluding hydrogens is 203 g/mol. The van der Waals surface area contributed by atoms with Crippen LogP contribution in [0.1, 0.15) is 6.92 Å². The highest BCUT2D eigenvalue weighted by molar-refractivity contribution is 5.71. The predicted molar refractivity (Wildman–Crippen MR) is 50.8 cm³/mol. The van der Waals surface area contributed by atoms with E-state index in [1.807, 2.05) is 0 Å². The summed E-state index contributed by atoms with van der Waals surface area (Å²) in [5.74, 6) is -1.26. The molecule has 0 aliphatic rings. The number of ether oxygens (including phenoxy) is 2. The first kappa shape index (κ1) is 11.3. The molecule has 1 N–H and O–H groups in total. The first-order chi connectivity index (χ1) is 7.15. The number of benzene rings is 1. The van der Waals surface area contributed by atoms with Crippen molar-refractivity contribution in [2.45, 2.75) is 13.3 Å². The molecule has 0 saturated carbocycles. The highest BCUT2D eigenvalue weighted by Gasteiger charge is 2.19. The molecule has 0 saturated heterocycles. The van der Waals surface area contributed by atoms with Crippen molar-refractivity contribution in [1.82, 2.24) is 0 Å². The van der Waals surface area contributed by atoms with Crippen molar-refractivity contribution in [2.24, 2.45) is 0 Å². The van der Waals surface area contributed by atoms with E-state index >= 15 is 0 Å². The number of carboxylic acid groups (broad SMARTS) is 1. The number of carbonyl (C=O) groups is 1. The van der Waals surface area contributed by atoms with Gasteiger partial charge in [0.2, 0.25) is 0 Å². The summed E-state index contributed by atoms with van der Waals surface area (Å²) in [5, 5.41) is 8.32. The van der Waals surface area contributed by atoms with Gasteiger partial charge in [-0.3, -0.25) is 0 Å². The van der Waals surface area contributed by atoms with E-state index in [2.05, 4.69) is 4.74 Å². The maximum Gasteiger partial charge on any atom is 0.378 e. The number of aliphatic carboxylic acids is 1. The predicted octanol–water partition coefficient (Wildman–Crippen LogP) is 1.84. The lowest BCUT2D eigenvalue weighted by Gasteiger charge is -2.11. The van der Waals surface area contributed by atoms with Gasteiger partial charge < -0.3 is 14.6 Å². The zero-order valence-electron chi connectivity index (χ0n) is 8.14. The SMILES string of the molecule is CCOc1ccccc1OC(F)C(=O)O. The van der Waals surface area contributed by atoms with Gasteiger partial charge in [0, 0.05) is 0 Å². The van der Waals surface area contributed by atoms with Crippen LogP contribution in [-0.2, 0) is 4.79 Å². The molecule has 1 atom stereocenters. The molecule has 0 fully saturated rings. The van der Waals surface area contributed by atoms with Crippen LogP contribution in [0, 0.1) is 0 Å². The highest BCUT2D eigenvalue weighted by atomic mass is 19.1. The minimum atomic E-state index is -2.38. The number of para-hydroxylation sites is 2. The van der Waals surface area contributed by atoms with E-state index in [0.717, 1.165) is 0 Å². The molecule has 1 rings (SSSR count). The Balaban J connectivity index is 2.79. The summed E-state index contributed by atoms with van der Waals surface area (Å²) in [5.41, 5.74) is 0. The molecule has 0 heterocycles. The lowest BCUT2D eigenvalue weighted by atomic mass is 10.3. The molecule has 0 aliphatic heterocycles. The Morgan fingerprint density at radius 2 is 2.07 bits per heavy atom. The van der Waals surface area contributed by atoms with Gasteiger partial charge in [-0.1, -0.05) is 12.1 Å². The number of carboxylic acids is 1. The molecule has 0 aliphatic carbocycles. The lowest BCUT2D eigenvalue weighted by molar-refractivity contribution is -0.153. The first-order valence-corrected chi connectivity index (χ1v) is 4.40. The summed E-state index contributed by atoms with van der Waals surface area (Å²) in [7, 11) is 0. The fourth-order valence-electron chi connectivity index (χ4n) is 0.984. The molecule has 15 heavy (non-hydrogen) atoms. The van der Waals surface area contributed by atoms with Crippen LogP contribution < -0.4 is 9.47 Å². The Bertz CT molecular complexity index is 340. The first-order valence-electron chi connectivity index (χ1n) is 4.40. The van der Waals surface area contributed by atoms with Gasteiger partial charge in [-0.15, -0.1) is 0 Å². The van der Waals surface area contributed by atoms with Crippen molar-refractivity contribution in [3.05, 3.63) is 24.3 Å². The highest BCUT2D eigenvalue weighted by Crippen LogP contribution is 2.27. The van der Waals surface area contributed by atoms with E-state index in [-0.39, 0.29) is 5.75 Å². The van der Waals surface area contributed by atoms with Gasteiger partial charge >= 0.3 is 12.3 Å². The molecule has 0 radical (unpaired) electrons. The fourth-order valence-corrected chi connectivity index (χ4v) is 0.984. The third-order valence-corrected chi connectivity index (χ3v) is 1.57. The minimum Gasteiger partial charge on any atom is -0.490 e. The van der Waals surface area contributed by atoms with Crippen molar-refractivity contribution in [1.29, 1.82) is 0 Å². The topological polar surface area (TPSA) is 55.8 Å². The maximum absolute atomic E-state index is 12.8. The Kier molecular flexibility index (Phi) is 3.91. The number of halogens is 1. The molecule has 4 nitrogen and oxygen atoms in total. The molecule has 1 unspecified atom stereocenters. The molecule has 0 spiro atoms. The van der Waals surface area contributed by atoms with Crippen molar-refractivity contribution in [3.63, 3.8) is 0 Å². The molecule has 0 amide bonds. The molecule has 0 aromatic heterocycles. The summed E-state index contributed by atoms with van der Waals surface area (Å²) in [6, 6.07) is 6.31. The van der Waals surface area contributed by atoms with E-state index < -0.39 is 12.3 Å². The summed E-state index contributed by atoms with van der Waals surface area (Å²) < 4.78 is 22.5. The molecule has 82 valence electrons. The Morgan fingerprint density at radius 3 is 2.60 bits per heavy atom. The van der Waals surface area contributed by atoms with Crippen molar-refractivity contribution >= 4 is 5.97 Å².